The number of hydrogen-bond donors (Lipinski definition) is 2. The van der Waals surface area contributed by atoms with Gasteiger partial charge in [0.25, 0.3) is 5.91 Å². The van der Waals surface area contributed by atoms with Crippen molar-refractivity contribution in [1.82, 2.24) is 20.4 Å². The van der Waals surface area contributed by atoms with Gasteiger partial charge in [0.1, 0.15) is 5.01 Å². The van der Waals surface area contributed by atoms with E-state index < -0.39 is 0 Å². The number of benzene rings is 1. The standard InChI is InChI=1S/C18H23N5O2S/c1-2-10-19-18(25)23-11-6-7-13(12-23)16-21-22-17(26-16)15(24)20-14-8-4-3-5-9-14/h3-5,8-9,13H,2,6-7,10-12H2,1H3,(H,19,25)(H,20,24). The van der Waals surface area contributed by atoms with E-state index in [1.165, 1.54) is 11.3 Å². The Hall–Kier alpha value is -2.48. The van der Waals surface area contributed by atoms with Gasteiger partial charge in [-0.1, -0.05) is 36.5 Å². The number of piperidine rings is 1. The fraction of sp³-hybridized carbons (Fsp3) is 0.444. The third-order valence-corrected chi connectivity index (χ3v) is 5.34. The van der Waals surface area contributed by atoms with Crippen molar-refractivity contribution >= 4 is 29.0 Å². The number of nitrogens with one attached hydrogen (secondary N) is 2. The number of aromatic nitrogens is 2. The average Bonchev–Trinajstić information content (AvgIpc) is 3.17. The van der Waals surface area contributed by atoms with Gasteiger partial charge in [0.05, 0.1) is 0 Å². The first kappa shape index (κ1) is 18.3. The predicted octanol–water partition coefficient (Wildman–Crippen LogP) is 3.09. The summed E-state index contributed by atoms with van der Waals surface area (Å²) < 4.78 is 0. The minimum atomic E-state index is -0.256. The Balaban J connectivity index is 1.61. The van der Waals surface area contributed by atoms with Crippen molar-refractivity contribution in [2.75, 3.05) is 25.0 Å². The topological polar surface area (TPSA) is 87.2 Å². The Labute approximate surface area is 156 Å². The van der Waals surface area contributed by atoms with Crippen molar-refractivity contribution in [2.24, 2.45) is 0 Å². The van der Waals surface area contributed by atoms with Crippen LogP contribution in [-0.4, -0.2) is 46.7 Å². The van der Waals surface area contributed by atoms with Crippen molar-refractivity contribution < 1.29 is 9.59 Å². The molecule has 0 bridgehead atoms. The molecule has 2 N–H and O–H groups in total. The molecule has 0 saturated carbocycles. The molecule has 1 fully saturated rings. The molecule has 0 aliphatic carbocycles. The number of anilines is 1. The van der Waals surface area contributed by atoms with E-state index in [0.29, 0.717) is 18.1 Å². The first-order valence-corrected chi connectivity index (χ1v) is 9.71. The quantitative estimate of drug-likeness (QED) is 0.843. The number of para-hydroxylation sites is 1. The Morgan fingerprint density at radius 2 is 2.08 bits per heavy atom. The van der Waals surface area contributed by atoms with Gasteiger partial charge in [-0.25, -0.2) is 4.79 Å². The highest BCUT2D eigenvalue weighted by Gasteiger charge is 2.27. The van der Waals surface area contributed by atoms with Gasteiger partial charge in [-0.05, 0) is 31.4 Å². The van der Waals surface area contributed by atoms with Crippen LogP contribution in [0.5, 0.6) is 0 Å². The molecule has 0 radical (unpaired) electrons. The lowest BCUT2D eigenvalue weighted by Gasteiger charge is -2.31. The van der Waals surface area contributed by atoms with Gasteiger partial charge in [-0.3, -0.25) is 4.79 Å². The van der Waals surface area contributed by atoms with E-state index in [-0.39, 0.29) is 17.9 Å². The summed E-state index contributed by atoms with van der Waals surface area (Å²) in [7, 11) is 0. The second-order valence-corrected chi connectivity index (χ2v) is 7.29. The molecule has 138 valence electrons. The maximum Gasteiger partial charge on any atom is 0.317 e. The van der Waals surface area contributed by atoms with Crippen molar-refractivity contribution in [3.63, 3.8) is 0 Å². The number of hydrogen-bond acceptors (Lipinski definition) is 5. The smallest absolute Gasteiger partial charge is 0.317 e. The number of carbonyl (C=O) groups excluding carboxylic acids is 2. The van der Waals surface area contributed by atoms with Crippen molar-refractivity contribution in [1.29, 1.82) is 0 Å². The summed E-state index contributed by atoms with van der Waals surface area (Å²) in [6.07, 6.45) is 2.79. The molecule has 1 atom stereocenters. The Kier molecular flexibility index (Phi) is 6.17. The molecule has 2 aromatic rings. The minimum Gasteiger partial charge on any atom is -0.338 e. The lowest BCUT2D eigenvalue weighted by atomic mass is 9.99. The molecule has 0 spiro atoms. The molecule has 1 aromatic heterocycles. The van der Waals surface area contributed by atoms with Crippen LogP contribution in [0.2, 0.25) is 0 Å². The van der Waals surface area contributed by atoms with E-state index in [1.807, 2.05) is 42.2 Å². The SMILES string of the molecule is CCCNC(=O)N1CCCC(c2nnc(C(=O)Nc3ccccc3)s2)C1. The lowest BCUT2D eigenvalue weighted by molar-refractivity contribution is 0.102. The summed E-state index contributed by atoms with van der Waals surface area (Å²) in [6.45, 7) is 4.09. The predicted molar refractivity (Wildman–Crippen MR) is 102 cm³/mol. The number of likely N-dealkylation sites (tertiary alicyclic amines) is 1. The third kappa shape index (κ3) is 4.57. The fourth-order valence-electron chi connectivity index (χ4n) is 2.90. The molecule has 26 heavy (non-hydrogen) atoms. The summed E-state index contributed by atoms with van der Waals surface area (Å²) in [4.78, 5) is 26.3. The maximum absolute atomic E-state index is 12.3. The van der Waals surface area contributed by atoms with Gasteiger partial charge in [-0.15, -0.1) is 10.2 Å². The molecule has 7 nitrogen and oxygen atoms in total. The summed E-state index contributed by atoms with van der Waals surface area (Å²) in [5, 5.41) is 15.1. The van der Waals surface area contributed by atoms with Gasteiger partial charge in [-0.2, -0.15) is 0 Å². The van der Waals surface area contributed by atoms with Crippen LogP contribution in [0.4, 0.5) is 10.5 Å². The fourth-order valence-corrected chi connectivity index (χ4v) is 3.77. The van der Waals surface area contributed by atoms with Crippen molar-refractivity contribution in [3.05, 3.63) is 40.3 Å². The molecule has 1 aromatic carbocycles. The zero-order chi connectivity index (χ0) is 18.4. The van der Waals surface area contributed by atoms with E-state index >= 15 is 0 Å². The average molecular weight is 373 g/mol. The van der Waals surface area contributed by atoms with Gasteiger partial charge >= 0.3 is 6.03 Å². The summed E-state index contributed by atoms with van der Waals surface area (Å²) in [5.41, 5.74) is 0.727. The van der Waals surface area contributed by atoms with Crippen molar-refractivity contribution in [3.8, 4) is 0 Å². The number of rotatable bonds is 5. The summed E-state index contributed by atoms with van der Waals surface area (Å²) >= 11 is 1.31. The molecular weight excluding hydrogens is 350 g/mol. The van der Waals surface area contributed by atoms with Crippen LogP contribution >= 0.6 is 11.3 Å². The van der Waals surface area contributed by atoms with E-state index in [1.54, 1.807) is 0 Å². The maximum atomic E-state index is 12.3. The molecule has 2 heterocycles. The monoisotopic (exact) mass is 373 g/mol. The number of amides is 3. The Bertz CT molecular complexity index is 749. The van der Waals surface area contributed by atoms with E-state index in [2.05, 4.69) is 20.8 Å². The van der Waals surface area contributed by atoms with Crippen LogP contribution in [-0.2, 0) is 0 Å². The Morgan fingerprint density at radius 3 is 2.85 bits per heavy atom. The highest BCUT2D eigenvalue weighted by Crippen LogP contribution is 2.29. The van der Waals surface area contributed by atoms with Gasteiger partial charge < -0.3 is 15.5 Å². The largest absolute Gasteiger partial charge is 0.338 e. The lowest BCUT2D eigenvalue weighted by Crippen LogP contribution is -2.45. The zero-order valence-corrected chi connectivity index (χ0v) is 15.6. The molecule has 1 aliphatic heterocycles. The van der Waals surface area contributed by atoms with E-state index in [4.69, 9.17) is 0 Å². The molecule has 1 unspecified atom stereocenters. The van der Waals surface area contributed by atoms with Crippen LogP contribution in [0, 0.1) is 0 Å². The van der Waals surface area contributed by atoms with Gasteiger partial charge in [0, 0.05) is 31.2 Å². The molecule has 3 rings (SSSR count). The van der Waals surface area contributed by atoms with Gasteiger partial charge in [0.15, 0.2) is 0 Å². The van der Waals surface area contributed by atoms with E-state index in [0.717, 1.165) is 36.5 Å². The van der Waals surface area contributed by atoms with Crippen molar-refractivity contribution in [2.45, 2.75) is 32.1 Å². The third-order valence-electron chi connectivity index (χ3n) is 4.25. The number of nitrogens with zero attached hydrogens (tertiary/aromatic N) is 3. The summed E-state index contributed by atoms with van der Waals surface area (Å²) in [6, 6.07) is 9.25. The molecule has 8 heteroatoms. The van der Waals surface area contributed by atoms with Crippen LogP contribution < -0.4 is 10.6 Å². The molecule has 1 aliphatic rings. The first-order valence-electron chi connectivity index (χ1n) is 8.90. The van der Waals surface area contributed by atoms with E-state index in [9.17, 15) is 9.59 Å². The van der Waals surface area contributed by atoms with Crippen LogP contribution in [0.1, 0.15) is 46.9 Å². The first-order chi connectivity index (χ1) is 12.7. The highest BCUT2D eigenvalue weighted by atomic mass is 32.1. The normalized spacial score (nSPS) is 17.0. The zero-order valence-electron chi connectivity index (χ0n) is 14.8. The second kappa shape index (κ2) is 8.75. The number of urea groups is 1. The second-order valence-electron chi connectivity index (χ2n) is 6.28. The van der Waals surface area contributed by atoms with Crippen LogP contribution in [0.15, 0.2) is 30.3 Å². The molecule has 3 amide bonds. The van der Waals surface area contributed by atoms with Crippen LogP contribution in [0.25, 0.3) is 0 Å². The number of carbonyl (C=O) groups is 2. The minimum absolute atomic E-state index is 0.0249. The molecule has 1 saturated heterocycles. The molecular formula is C18H23N5O2S. The van der Waals surface area contributed by atoms with Crippen LogP contribution in [0.3, 0.4) is 0 Å². The summed E-state index contributed by atoms with van der Waals surface area (Å²) in [5.74, 6) is -0.125. The Morgan fingerprint density at radius 1 is 1.27 bits per heavy atom. The van der Waals surface area contributed by atoms with Gasteiger partial charge in [0.2, 0.25) is 5.01 Å². The highest BCUT2D eigenvalue weighted by molar-refractivity contribution is 7.13.